The van der Waals surface area contributed by atoms with Gasteiger partial charge in [-0.3, -0.25) is 4.79 Å². The summed E-state index contributed by atoms with van der Waals surface area (Å²) in [4.78, 5) is 12.6. The summed E-state index contributed by atoms with van der Waals surface area (Å²) < 4.78 is 25.5. The van der Waals surface area contributed by atoms with Crippen LogP contribution in [0.15, 0.2) is 48.5 Å². The van der Waals surface area contributed by atoms with Crippen molar-refractivity contribution < 1.29 is 13.2 Å². The van der Waals surface area contributed by atoms with Crippen LogP contribution in [0, 0.1) is 0 Å². The first-order valence-electron chi connectivity index (χ1n) is 8.90. The minimum Gasteiger partial charge on any atom is -0.348 e. The second kappa shape index (κ2) is 8.42. The molecule has 1 aliphatic carbocycles. The van der Waals surface area contributed by atoms with Gasteiger partial charge in [-0.1, -0.05) is 54.1 Å². The zero-order valence-electron chi connectivity index (χ0n) is 15.2. The van der Waals surface area contributed by atoms with E-state index in [1.807, 2.05) is 18.2 Å². The molecule has 27 heavy (non-hydrogen) atoms. The van der Waals surface area contributed by atoms with Gasteiger partial charge in [-0.05, 0) is 42.0 Å². The fourth-order valence-electron chi connectivity index (χ4n) is 3.41. The van der Waals surface area contributed by atoms with Crippen molar-refractivity contribution in [3.63, 3.8) is 0 Å². The molecule has 5 nitrogen and oxygen atoms in total. The van der Waals surface area contributed by atoms with E-state index < -0.39 is 10.0 Å². The Balaban J connectivity index is 1.72. The van der Waals surface area contributed by atoms with Gasteiger partial charge in [0.2, 0.25) is 15.9 Å². The number of nitrogens with zero attached hydrogens (tertiary/aromatic N) is 1. The maximum atomic E-state index is 12.6. The van der Waals surface area contributed by atoms with E-state index in [1.165, 1.54) is 5.56 Å². The summed E-state index contributed by atoms with van der Waals surface area (Å²) in [5.74, 6) is -0.311. The third-order valence-electron chi connectivity index (χ3n) is 4.80. The van der Waals surface area contributed by atoms with Gasteiger partial charge in [0, 0.05) is 11.6 Å². The molecule has 3 rings (SSSR count). The molecule has 0 radical (unpaired) electrons. The van der Waals surface area contributed by atoms with E-state index in [0.717, 1.165) is 35.4 Å². The summed E-state index contributed by atoms with van der Waals surface area (Å²) in [6, 6.07) is 15.0. The predicted molar refractivity (Wildman–Crippen MR) is 107 cm³/mol. The minimum atomic E-state index is -3.56. The zero-order chi connectivity index (χ0) is 19.4. The number of halogens is 1. The van der Waals surface area contributed by atoms with E-state index in [9.17, 15) is 13.2 Å². The van der Waals surface area contributed by atoms with Crippen LogP contribution in [0.4, 0.5) is 0 Å². The third kappa shape index (κ3) is 5.09. The highest BCUT2D eigenvalue weighted by atomic mass is 35.5. The Labute approximate surface area is 165 Å². The number of amides is 1. The Bertz CT molecular complexity index is 930. The first-order chi connectivity index (χ1) is 12.8. The molecule has 0 saturated carbocycles. The van der Waals surface area contributed by atoms with Crippen LogP contribution < -0.4 is 5.32 Å². The molecule has 1 atom stereocenters. The number of carbonyl (C=O) groups is 1. The van der Waals surface area contributed by atoms with Gasteiger partial charge < -0.3 is 5.32 Å². The molecule has 0 bridgehead atoms. The minimum absolute atomic E-state index is 0.0627. The van der Waals surface area contributed by atoms with Crippen LogP contribution in [-0.4, -0.2) is 31.4 Å². The molecule has 1 amide bonds. The Morgan fingerprint density at radius 1 is 1.19 bits per heavy atom. The lowest BCUT2D eigenvalue weighted by atomic mass is 9.88. The molecule has 7 heteroatoms. The van der Waals surface area contributed by atoms with E-state index in [2.05, 4.69) is 11.4 Å². The van der Waals surface area contributed by atoms with Gasteiger partial charge in [-0.2, -0.15) is 4.31 Å². The molecule has 0 aliphatic heterocycles. The van der Waals surface area contributed by atoms with Gasteiger partial charge in [-0.25, -0.2) is 8.42 Å². The number of nitrogens with one attached hydrogen (secondary N) is 1. The number of hydrogen-bond donors (Lipinski definition) is 1. The number of benzene rings is 2. The smallest absolute Gasteiger partial charge is 0.235 e. The number of rotatable bonds is 6. The number of aryl methyl sites for hydroxylation is 1. The van der Waals surface area contributed by atoms with Crippen molar-refractivity contribution in [1.82, 2.24) is 9.62 Å². The highest BCUT2D eigenvalue weighted by Crippen LogP contribution is 2.29. The van der Waals surface area contributed by atoms with Crippen molar-refractivity contribution in [3.8, 4) is 0 Å². The summed E-state index contributed by atoms with van der Waals surface area (Å²) in [7, 11) is -3.56. The van der Waals surface area contributed by atoms with E-state index in [0.29, 0.717) is 10.6 Å². The highest BCUT2D eigenvalue weighted by molar-refractivity contribution is 7.88. The molecule has 1 unspecified atom stereocenters. The number of sulfonamides is 1. The first-order valence-corrected chi connectivity index (χ1v) is 11.1. The van der Waals surface area contributed by atoms with Crippen LogP contribution in [-0.2, 0) is 27.8 Å². The molecule has 0 fully saturated rings. The molecule has 1 N–H and O–H groups in total. The quantitative estimate of drug-likeness (QED) is 0.800. The van der Waals surface area contributed by atoms with Gasteiger partial charge in [0.25, 0.3) is 0 Å². The largest absolute Gasteiger partial charge is 0.348 e. The Hall–Kier alpha value is -1.89. The molecule has 144 valence electrons. The third-order valence-corrected chi connectivity index (χ3v) is 6.36. The van der Waals surface area contributed by atoms with Crippen molar-refractivity contribution in [1.29, 1.82) is 0 Å². The average Bonchev–Trinajstić information content (AvgIpc) is 2.62. The molecular weight excluding hydrogens is 384 g/mol. The van der Waals surface area contributed by atoms with Gasteiger partial charge in [0.1, 0.15) is 0 Å². The summed E-state index contributed by atoms with van der Waals surface area (Å²) >= 11 is 6.14. The second-order valence-corrected chi connectivity index (χ2v) is 9.22. The Kier molecular flexibility index (Phi) is 6.19. The number of carbonyl (C=O) groups excluding carboxylic acids is 1. The predicted octanol–water partition coefficient (Wildman–Crippen LogP) is 3.30. The lowest BCUT2D eigenvalue weighted by Crippen LogP contribution is -2.41. The molecule has 0 aromatic heterocycles. The Morgan fingerprint density at radius 2 is 1.89 bits per heavy atom. The first kappa shape index (κ1) is 19.9. The van der Waals surface area contributed by atoms with Crippen molar-refractivity contribution in [3.05, 3.63) is 70.2 Å². The number of fused-ring (bicyclic) bond motifs is 1. The fourth-order valence-corrected chi connectivity index (χ4v) is 4.33. The van der Waals surface area contributed by atoms with E-state index in [1.54, 1.807) is 24.3 Å². The van der Waals surface area contributed by atoms with Crippen LogP contribution in [0.3, 0.4) is 0 Å². The molecule has 2 aromatic rings. The van der Waals surface area contributed by atoms with Crippen LogP contribution in [0.2, 0.25) is 5.02 Å². The van der Waals surface area contributed by atoms with Gasteiger partial charge >= 0.3 is 0 Å². The molecule has 1 aliphatic rings. The summed E-state index contributed by atoms with van der Waals surface area (Å²) in [6.45, 7) is -0.171. The van der Waals surface area contributed by atoms with E-state index in [-0.39, 0.29) is 25.0 Å². The van der Waals surface area contributed by atoms with E-state index >= 15 is 0 Å². The van der Waals surface area contributed by atoms with E-state index in [4.69, 9.17) is 11.6 Å². The SMILES string of the molecule is CS(=O)(=O)N(CC(=O)NC1CCCc2ccccc21)Cc1ccccc1Cl. The maximum Gasteiger partial charge on any atom is 0.235 e. The fraction of sp³-hybridized carbons (Fsp3) is 0.350. The average molecular weight is 407 g/mol. The maximum absolute atomic E-state index is 12.6. The topological polar surface area (TPSA) is 66.5 Å². The Morgan fingerprint density at radius 3 is 2.63 bits per heavy atom. The van der Waals surface area contributed by atoms with Crippen molar-refractivity contribution in [2.24, 2.45) is 0 Å². The summed E-state index contributed by atoms with van der Waals surface area (Å²) in [5.41, 5.74) is 3.03. The van der Waals surface area contributed by atoms with Crippen LogP contribution in [0.25, 0.3) is 0 Å². The van der Waals surface area contributed by atoms with Gasteiger partial charge in [0.15, 0.2) is 0 Å². The summed E-state index contributed by atoms with van der Waals surface area (Å²) in [5, 5.41) is 3.48. The number of hydrogen-bond acceptors (Lipinski definition) is 3. The van der Waals surface area contributed by atoms with Crippen molar-refractivity contribution in [2.75, 3.05) is 12.8 Å². The van der Waals surface area contributed by atoms with Crippen LogP contribution >= 0.6 is 11.6 Å². The molecule has 2 aromatic carbocycles. The lowest BCUT2D eigenvalue weighted by Gasteiger charge is -2.27. The van der Waals surface area contributed by atoms with Crippen LogP contribution in [0.5, 0.6) is 0 Å². The van der Waals surface area contributed by atoms with Gasteiger partial charge in [-0.15, -0.1) is 0 Å². The van der Waals surface area contributed by atoms with Crippen molar-refractivity contribution in [2.45, 2.75) is 31.8 Å². The van der Waals surface area contributed by atoms with Gasteiger partial charge in [0.05, 0.1) is 18.8 Å². The van der Waals surface area contributed by atoms with Crippen molar-refractivity contribution >= 4 is 27.5 Å². The standard InChI is InChI=1S/C20H23ClN2O3S/c1-27(25,26)23(13-16-8-3-5-11-18(16)21)14-20(24)22-19-12-6-9-15-7-2-4-10-17(15)19/h2-5,7-8,10-11,19H,6,9,12-14H2,1H3,(H,22,24). The molecule has 0 spiro atoms. The summed E-state index contributed by atoms with van der Waals surface area (Å²) in [6.07, 6.45) is 3.96. The zero-order valence-corrected chi connectivity index (χ0v) is 16.8. The van der Waals surface area contributed by atoms with Crippen LogP contribution in [0.1, 0.15) is 35.6 Å². The highest BCUT2D eigenvalue weighted by Gasteiger charge is 2.25. The molecule has 0 heterocycles. The molecular formula is C20H23ClN2O3S. The monoisotopic (exact) mass is 406 g/mol. The lowest BCUT2D eigenvalue weighted by molar-refractivity contribution is -0.122. The molecule has 0 saturated heterocycles. The normalized spacial score (nSPS) is 16.8. The second-order valence-electron chi connectivity index (χ2n) is 6.83.